The number of hydrogen-bond donors (Lipinski definition) is 0. The number of nitrogens with zero attached hydrogens (tertiary/aromatic N) is 4. The lowest BCUT2D eigenvalue weighted by atomic mass is 10.0. The molecule has 6 nitrogen and oxygen atoms in total. The highest BCUT2D eigenvalue weighted by Gasteiger charge is 2.39. The molecule has 1 unspecified atom stereocenters. The molecule has 6 heteroatoms. The fourth-order valence-electron chi connectivity index (χ4n) is 5.90. The van der Waals surface area contributed by atoms with E-state index in [1.807, 2.05) is 11.6 Å². The van der Waals surface area contributed by atoms with E-state index in [9.17, 15) is 4.79 Å². The Bertz CT molecular complexity index is 1460. The maximum absolute atomic E-state index is 12.5. The molecule has 0 bridgehead atoms. The van der Waals surface area contributed by atoms with Gasteiger partial charge in [-0.3, -0.25) is 0 Å². The van der Waals surface area contributed by atoms with Crippen LogP contribution in [0.2, 0.25) is 0 Å². The van der Waals surface area contributed by atoms with Crippen molar-refractivity contribution in [2.45, 2.75) is 57.3 Å². The summed E-state index contributed by atoms with van der Waals surface area (Å²) >= 11 is 0. The number of ether oxygens (including phenoxy) is 1. The first-order valence-electron chi connectivity index (χ1n) is 13.2. The number of aryl methyl sites for hydroxylation is 1. The number of hydrogen-bond acceptors (Lipinski definition) is 4. The summed E-state index contributed by atoms with van der Waals surface area (Å²) in [6, 6.07) is 17.1. The van der Waals surface area contributed by atoms with Gasteiger partial charge in [0.2, 0.25) is 0 Å². The van der Waals surface area contributed by atoms with Crippen LogP contribution in [0.3, 0.4) is 0 Å². The van der Waals surface area contributed by atoms with Crippen molar-refractivity contribution in [1.82, 2.24) is 19.6 Å². The maximum Gasteiger partial charge on any atom is 0.341 e. The summed E-state index contributed by atoms with van der Waals surface area (Å²) < 4.78 is 9.41. The first-order valence-corrected chi connectivity index (χ1v) is 13.2. The van der Waals surface area contributed by atoms with E-state index in [1.165, 1.54) is 30.5 Å². The van der Waals surface area contributed by atoms with E-state index in [-0.39, 0.29) is 5.97 Å². The van der Waals surface area contributed by atoms with Crippen LogP contribution >= 0.6 is 0 Å². The van der Waals surface area contributed by atoms with E-state index >= 15 is 0 Å². The van der Waals surface area contributed by atoms with Gasteiger partial charge < -0.3 is 4.74 Å². The summed E-state index contributed by atoms with van der Waals surface area (Å²) in [4.78, 5) is 12.5. The molecule has 2 saturated carbocycles. The van der Waals surface area contributed by atoms with E-state index < -0.39 is 0 Å². The third kappa shape index (κ3) is 3.67. The Labute approximate surface area is 210 Å². The van der Waals surface area contributed by atoms with Crippen molar-refractivity contribution in [3.8, 4) is 22.5 Å². The molecule has 0 N–H and O–H groups in total. The number of benzene rings is 2. The van der Waals surface area contributed by atoms with Crippen LogP contribution < -0.4 is 0 Å². The third-order valence-electron chi connectivity index (χ3n) is 7.93. The topological polar surface area (TPSA) is 61.9 Å². The second kappa shape index (κ2) is 8.47. The van der Waals surface area contributed by atoms with E-state index in [4.69, 9.17) is 9.84 Å². The van der Waals surface area contributed by atoms with E-state index in [0.29, 0.717) is 24.0 Å². The quantitative estimate of drug-likeness (QED) is 0.296. The average Bonchev–Trinajstić information content (AvgIpc) is 3.80. The van der Waals surface area contributed by atoms with Crippen LogP contribution in [0.4, 0.5) is 0 Å². The largest absolute Gasteiger partial charge is 0.462 e. The minimum Gasteiger partial charge on any atom is -0.462 e. The highest BCUT2D eigenvalue weighted by Crippen LogP contribution is 2.49. The number of esters is 1. The number of aromatic nitrogens is 4. The van der Waals surface area contributed by atoms with Gasteiger partial charge in [0, 0.05) is 11.8 Å². The Balaban J connectivity index is 1.25. The van der Waals surface area contributed by atoms with Crippen LogP contribution in [-0.4, -0.2) is 32.1 Å². The van der Waals surface area contributed by atoms with Crippen molar-refractivity contribution in [3.63, 3.8) is 0 Å². The maximum atomic E-state index is 12.5. The summed E-state index contributed by atoms with van der Waals surface area (Å²) in [7, 11) is 0. The molecule has 0 saturated heterocycles. The zero-order valence-electron chi connectivity index (χ0n) is 20.6. The Kier molecular flexibility index (Phi) is 5.08. The monoisotopic (exact) mass is 478 g/mol. The highest BCUT2D eigenvalue weighted by molar-refractivity contribution is 5.91. The predicted octanol–water partition coefficient (Wildman–Crippen LogP) is 6.22. The SMILES string of the molecule is CCOC(=O)c1cnn(-c2cccc(-c3cccc(-n4ncc5c4C(C4CC4)CC5)c3)c2)c1C1CC1. The molecule has 4 aromatic rings. The molecule has 0 amide bonds. The molecular weight excluding hydrogens is 448 g/mol. The Morgan fingerprint density at radius 1 is 0.889 bits per heavy atom. The molecule has 36 heavy (non-hydrogen) atoms. The van der Waals surface area contributed by atoms with Crippen molar-refractivity contribution < 1.29 is 9.53 Å². The predicted molar refractivity (Wildman–Crippen MR) is 138 cm³/mol. The van der Waals surface area contributed by atoms with Crippen LogP contribution in [0.25, 0.3) is 22.5 Å². The molecule has 7 rings (SSSR count). The first-order chi connectivity index (χ1) is 17.7. The first kappa shape index (κ1) is 21.6. The second-order valence-electron chi connectivity index (χ2n) is 10.4. The number of carbonyl (C=O) groups excluding carboxylic acids is 1. The van der Waals surface area contributed by atoms with Crippen molar-refractivity contribution in [1.29, 1.82) is 0 Å². The molecule has 1 atom stereocenters. The van der Waals surface area contributed by atoms with E-state index in [2.05, 4.69) is 64.5 Å². The third-order valence-corrected chi connectivity index (χ3v) is 7.93. The van der Waals surface area contributed by atoms with Crippen LogP contribution in [0, 0.1) is 5.92 Å². The molecule has 2 heterocycles. The van der Waals surface area contributed by atoms with Crippen LogP contribution in [0.5, 0.6) is 0 Å². The minimum absolute atomic E-state index is 0.286. The van der Waals surface area contributed by atoms with Crippen molar-refractivity contribution in [3.05, 3.63) is 83.4 Å². The van der Waals surface area contributed by atoms with Crippen LogP contribution in [-0.2, 0) is 11.2 Å². The molecule has 182 valence electrons. The van der Waals surface area contributed by atoms with Gasteiger partial charge in [0.1, 0.15) is 5.56 Å². The second-order valence-corrected chi connectivity index (χ2v) is 10.4. The van der Waals surface area contributed by atoms with Crippen molar-refractivity contribution in [2.24, 2.45) is 5.92 Å². The Hall–Kier alpha value is -3.67. The molecule has 2 aromatic carbocycles. The van der Waals surface area contributed by atoms with Gasteiger partial charge in [0.25, 0.3) is 0 Å². The molecule has 3 aliphatic rings. The smallest absolute Gasteiger partial charge is 0.341 e. The zero-order valence-corrected chi connectivity index (χ0v) is 20.6. The lowest BCUT2D eigenvalue weighted by Gasteiger charge is -2.15. The number of carbonyl (C=O) groups is 1. The van der Waals surface area contributed by atoms with Gasteiger partial charge in [-0.05, 0) is 92.3 Å². The lowest BCUT2D eigenvalue weighted by molar-refractivity contribution is 0.0525. The standard InChI is InChI=1S/C30H30N4O2/c1-2-36-30(35)27-18-32-33(28(27)20-11-12-20)24-7-3-5-21(15-24)22-6-4-8-25(16-22)34-29-23(17-31-34)13-14-26(29)19-9-10-19/h3-8,15-20,26H,2,9-14H2,1H3. The van der Waals surface area contributed by atoms with Gasteiger partial charge in [0.15, 0.2) is 0 Å². The van der Waals surface area contributed by atoms with Gasteiger partial charge in [-0.1, -0.05) is 24.3 Å². The molecule has 2 fully saturated rings. The molecule has 0 spiro atoms. The van der Waals surface area contributed by atoms with Crippen molar-refractivity contribution in [2.75, 3.05) is 6.61 Å². The van der Waals surface area contributed by atoms with Gasteiger partial charge >= 0.3 is 5.97 Å². The summed E-state index contributed by atoms with van der Waals surface area (Å²) in [5, 5.41) is 9.42. The van der Waals surface area contributed by atoms with Gasteiger partial charge in [-0.15, -0.1) is 0 Å². The van der Waals surface area contributed by atoms with Gasteiger partial charge in [-0.2, -0.15) is 10.2 Å². The summed E-state index contributed by atoms with van der Waals surface area (Å²) in [6.45, 7) is 2.20. The molecule has 2 aromatic heterocycles. The summed E-state index contributed by atoms with van der Waals surface area (Å²) in [5.41, 5.74) is 8.75. The van der Waals surface area contributed by atoms with Crippen molar-refractivity contribution >= 4 is 5.97 Å². The number of fused-ring (bicyclic) bond motifs is 1. The van der Waals surface area contributed by atoms with Gasteiger partial charge in [-0.25, -0.2) is 14.2 Å². The number of rotatable bonds is 7. The lowest BCUT2D eigenvalue weighted by Crippen LogP contribution is -2.09. The zero-order chi connectivity index (χ0) is 24.2. The average molecular weight is 479 g/mol. The summed E-state index contributed by atoms with van der Waals surface area (Å²) in [6.07, 6.45) is 11.0. The van der Waals surface area contributed by atoms with Crippen LogP contribution in [0.15, 0.2) is 60.9 Å². The van der Waals surface area contributed by atoms with E-state index in [1.54, 1.807) is 6.20 Å². The molecule has 3 aliphatic carbocycles. The van der Waals surface area contributed by atoms with Gasteiger partial charge in [0.05, 0.1) is 41.8 Å². The normalized spacial score (nSPS) is 18.9. The minimum atomic E-state index is -0.286. The molecule has 0 radical (unpaired) electrons. The highest BCUT2D eigenvalue weighted by atomic mass is 16.5. The Morgan fingerprint density at radius 3 is 2.19 bits per heavy atom. The molecule has 0 aliphatic heterocycles. The van der Waals surface area contributed by atoms with Crippen LogP contribution in [0.1, 0.15) is 78.2 Å². The van der Waals surface area contributed by atoms with E-state index in [0.717, 1.165) is 53.4 Å². The molecular formula is C30H30N4O2. The Morgan fingerprint density at radius 2 is 1.56 bits per heavy atom. The fraction of sp³-hybridized carbons (Fsp3) is 0.367. The fourth-order valence-corrected chi connectivity index (χ4v) is 5.90. The summed E-state index contributed by atoms with van der Waals surface area (Å²) in [5.74, 6) is 1.57.